The van der Waals surface area contributed by atoms with E-state index in [1.54, 1.807) is 6.20 Å². The number of hydrogen-bond donors (Lipinski definition) is 1. The van der Waals surface area contributed by atoms with Crippen molar-refractivity contribution >= 4 is 11.9 Å². The van der Waals surface area contributed by atoms with Crippen LogP contribution >= 0.6 is 0 Å². The van der Waals surface area contributed by atoms with Gasteiger partial charge in [0.15, 0.2) is 0 Å². The van der Waals surface area contributed by atoms with Crippen molar-refractivity contribution < 1.29 is 14.3 Å². The molecule has 2 fully saturated rings. The van der Waals surface area contributed by atoms with E-state index in [-0.39, 0.29) is 5.91 Å². The summed E-state index contributed by atoms with van der Waals surface area (Å²) < 4.78 is 10.8. The fraction of sp³-hybridized carbons (Fsp3) is 0.500. The minimum absolute atomic E-state index is 0.151. The smallest absolute Gasteiger partial charge is 0.254 e. The topological polar surface area (TPSA) is 79.8 Å². The second-order valence-corrected chi connectivity index (χ2v) is 7.61. The number of carbonyl (C=O) groups excluding carboxylic acids is 1. The maximum atomic E-state index is 12.8. The number of carbonyl (C=O) groups is 1. The molecule has 4 rings (SSSR count). The van der Waals surface area contributed by atoms with Gasteiger partial charge in [-0.15, -0.1) is 0 Å². The Kier molecular flexibility index (Phi) is 6.88. The number of morpholine rings is 2. The molecular formula is C22H29N5O3. The number of anilines is 1. The van der Waals surface area contributed by atoms with Gasteiger partial charge in [-0.1, -0.05) is 24.3 Å². The first-order valence-electron chi connectivity index (χ1n) is 10.5. The molecule has 0 aliphatic carbocycles. The van der Waals surface area contributed by atoms with Crippen LogP contribution in [0.15, 0.2) is 30.5 Å². The van der Waals surface area contributed by atoms with Gasteiger partial charge in [0, 0.05) is 45.5 Å². The van der Waals surface area contributed by atoms with Gasteiger partial charge in [0.1, 0.15) is 0 Å². The van der Waals surface area contributed by atoms with Crippen molar-refractivity contribution in [2.75, 3.05) is 57.5 Å². The number of hydrogen-bond acceptors (Lipinski definition) is 7. The Hall–Kier alpha value is -2.55. The Balaban J connectivity index is 1.38. The quantitative estimate of drug-likeness (QED) is 0.769. The van der Waals surface area contributed by atoms with Gasteiger partial charge in [0.2, 0.25) is 5.95 Å². The summed E-state index contributed by atoms with van der Waals surface area (Å²) in [6.07, 6.45) is 1.63. The molecule has 0 spiro atoms. The first-order chi connectivity index (χ1) is 14.7. The lowest BCUT2D eigenvalue weighted by molar-refractivity contribution is 0.0340. The highest BCUT2D eigenvalue weighted by molar-refractivity contribution is 5.95. The zero-order valence-corrected chi connectivity index (χ0v) is 17.5. The van der Waals surface area contributed by atoms with Gasteiger partial charge < -0.3 is 19.7 Å². The van der Waals surface area contributed by atoms with Gasteiger partial charge in [0.25, 0.3) is 5.91 Å². The maximum Gasteiger partial charge on any atom is 0.254 e. The monoisotopic (exact) mass is 411 g/mol. The molecule has 8 nitrogen and oxygen atoms in total. The highest BCUT2D eigenvalue weighted by Gasteiger charge is 2.18. The van der Waals surface area contributed by atoms with Crippen molar-refractivity contribution in [3.63, 3.8) is 0 Å². The van der Waals surface area contributed by atoms with Crippen LogP contribution < -0.4 is 10.2 Å². The van der Waals surface area contributed by atoms with Gasteiger partial charge in [0.05, 0.1) is 37.7 Å². The molecule has 2 aromatic rings. The first kappa shape index (κ1) is 20.7. The van der Waals surface area contributed by atoms with Gasteiger partial charge in [-0.2, -0.15) is 0 Å². The van der Waals surface area contributed by atoms with Crippen LogP contribution in [0.4, 0.5) is 5.95 Å². The van der Waals surface area contributed by atoms with E-state index in [1.807, 2.05) is 19.1 Å². The van der Waals surface area contributed by atoms with E-state index in [0.717, 1.165) is 51.5 Å². The van der Waals surface area contributed by atoms with Crippen molar-refractivity contribution in [2.45, 2.75) is 20.0 Å². The summed E-state index contributed by atoms with van der Waals surface area (Å²) in [5.74, 6) is 0.505. The summed E-state index contributed by atoms with van der Waals surface area (Å²) >= 11 is 0. The molecule has 0 atom stereocenters. The number of ether oxygens (including phenoxy) is 2. The van der Waals surface area contributed by atoms with Crippen molar-refractivity contribution in [3.8, 4) is 0 Å². The Morgan fingerprint density at radius 3 is 2.40 bits per heavy atom. The average Bonchev–Trinajstić information content (AvgIpc) is 2.79. The van der Waals surface area contributed by atoms with Crippen LogP contribution in [0.5, 0.6) is 0 Å². The second kappa shape index (κ2) is 9.97. The molecule has 2 aliphatic rings. The van der Waals surface area contributed by atoms with E-state index in [1.165, 1.54) is 5.56 Å². The Bertz CT molecular complexity index is 864. The van der Waals surface area contributed by atoms with E-state index < -0.39 is 0 Å². The van der Waals surface area contributed by atoms with E-state index >= 15 is 0 Å². The van der Waals surface area contributed by atoms with Crippen molar-refractivity contribution in [1.29, 1.82) is 0 Å². The molecule has 0 bridgehead atoms. The zero-order valence-electron chi connectivity index (χ0n) is 17.5. The third-order valence-corrected chi connectivity index (χ3v) is 5.56. The minimum atomic E-state index is -0.151. The summed E-state index contributed by atoms with van der Waals surface area (Å²) in [7, 11) is 0. The van der Waals surface area contributed by atoms with Crippen LogP contribution in [0.25, 0.3) is 0 Å². The predicted octanol–water partition coefficient (Wildman–Crippen LogP) is 1.38. The van der Waals surface area contributed by atoms with Gasteiger partial charge in [-0.3, -0.25) is 9.69 Å². The Morgan fingerprint density at radius 2 is 1.70 bits per heavy atom. The molecule has 1 aromatic heterocycles. The fourth-order valence-corrected chi connectivity index (χ4v) is 3.75. The van der Waals surface area contributed by atoms with Crippen LogP contribution in [0, 0.1) is 6.92 Å². The van der Waals surface area contributed by atoms with Crippen LogP contribution in [-0.2, 0) is 22.6 Å². The highest BCUT2D eigenvalue weighted by Crippen LogP contribution is 2.15. The summed E-state index contributed by atoms with van der Waals surface area (Å²) in [5.41, 5.74) is 3.56. The lowest BCUT2D eigenvalue weighted by Crippen LogP contribution is -2.37. The van der Waals surface area contributed by atoms with E-state index in [0.29, 0.717) is 37.0 Å². The number of nitrogens with zero attached hydrogens (tertiary/aromatic N) is 4. The summed E-state index contributed by atoms with van der Waals surface area (Å²) in [4.78, 5) is 26.2. The third-order valence-electron chi connectivity index (χ3n) is 5.56. The van der Waals surface area contributed by atoms with Gasteiger partial charge >= 0.3 is 0 Å². The highest BCUT2D eigenvalue weighted by atomic mass is 16.5. The number of aryl methyl sites for hydroxylation is 1. The van der Waals surface area contributed by atoms with Crippen LogP contribution in [0.3, 0.4) is 0 Å². The van der Waals surface area contributed by atoms with Crippen molar-refractivity contribution in [2.24, 2.45) is 0 Å². The lowest BCUT2D eigenvalue weighted by Gasteiger charge is -2.27. The predicted molar refractivity (Wildman–Crippen MR) is 114 cm³/mol. The van der Waals surface area contributed by atoms with Crippen molar-refractivity contribution in [3.05, 3.63) is 52.8 Å². The van der Waals surface area contributed by atoms with Crippen LogP contribution in [0.2, 0.25) is 0 Å². The summed E-state index contributed by atoms with van der Waals surface area (Å²) in [5, 5.41) is 3.04. The normalized spacial score (nSPS) is 17.7. The summed E-state index contributed by atoms with van der Waals surface area (Å²) in [6.45, 7) is 9.51. The third kappa shape index (κ3) is 5.13. The molecule has 0 unspecified atom stereocenters. The number of amides is 1. The Labute approximate surface area is 177 Å². The molecule has 2 aliphatic heterocycles. The second-order valence-electron chi connectivity index (χ2n) is 7.61. The standard InChI is InChI=1S/C22H29N5O3/c1-17-20(15-24-22(25-17)27-8-12-30-13-9-27)21(28)23-14-18-4-2-3-5-19(18)16-26-6-10-29-11-7-26/h2-5,15H,6-14,16H2,1H3,(H,23,28). The Morgan fingerprint density at radius 1 is 1.03 bits per heavy atom. The molecular weight excluding hydrogens is 382 g/mol. The molecule has 1 aromatic carbocycles. The largest absolute Gasteiger partial charge is 0.379 e. The number of nitrogens with one attached hydrogen (secondary N) is 1. The average molecular weight is 412 g/mol. The number of benzene rings is 1. The maximum absolute atomic E-state index is 12.8. The SMILES string of the molecule is Cc1nc(N2CCOCC2)ncc1C(=O)NCc1ccccc1CN1CCOCC1. The first-order valence-corrected chi connectivity index (χ1v) is 10.5. The van der Waals surface area contributed by atoms with Crippen molar-refractivity contribution in [1.82, 2.24) is 20.2 Å². The number of aromatic nitrogens is 2. The zero-order chi connectivity index (χ0) is 20.8. The molecule has 8 heteroatoms. The molecule has 1 N–H and O–H groups in total. The molecule has 160 valence electrons. The molecule has 30 heavy (non-hydrogen) atoms. The lowest BCUT2D eigenvalue weighted by atomic mass is 10.1. The van der Waals surface area contributed by atoms with Gasteiger partial charge in [-0.25, -0.2) is 9.97 Å². The molecule has 0 saturated carbocycles. The molecule has 2 saturated heterocycles. The molecule has 3 heterocycles. The minimum Gasteiger partial charge on any atom is -0.379 e. The van der Waals surface area contributed by atoms with E-state index in [9.17, 15) is 4.79 Å². The van der Waals surface area contributed by atoms with Crippen LogP contribution in [-0.4, -0.2) is 73.4 Å². The van der Waals surface area contributed by atoms with Gasteiger partial charge in [-0.05, 0) is 18.1 Å². The van der Waals surface area contributed by atoms with E-state index in [2.05, 4.69) is 37.2 Å². The van der Waals surface area contributed by atoms with E-state index in [4.69, 9.17) is 9.47 Å². The molecule has 0 radical (unpaired) electrons. The summed E-state index contributed by atoms with van der Waals surface area (Å²) in [6, 6.07) is 8.25. The fourth-order valence-electron chi connectivity index (χ4n) is 3.75. The molecule has 1 amide bonds. The number of rotatable bonds is 6. The van der Waals surface area contributed by atoms with Crippen LogP contribution in [0.1, 0.15) is 27.2 Å².